The molecular weight excluding hydrogens is 489 g/mol. The Balaban J connectivity index is 1.80. The lowest BCUT2D eigenvalue weighted by Crippen LogP contribution is -2.53. The van der Waals surface area contributed by atoms with Crippen LogP contribution in [0.1, 0.15) is 29.8 Å². The van der Waals surface area contributed by atoms with E-state index in [1.54, 1.807) is 42.2 Å². The van der Waals surface area contributed by atoms with E-state index in [1.165, 1.54) is 11.0 Å². The molecule has 3 heterocycles. The molecule has 2 N–H and O–H groups in total. The Hall–Kier alpha value is -2.58. The van der Waals surface area contributed by atoms with Crippen molar-refractivity contribution in [2.45, 2.75) is 24.9 Å². The van der Waals surface area contributed by atoms with Crippen LogP contribution >= 0.6 is 27.5 Å². The molecule has 0 spiro atoms. The fraction of sp³-hybridized carbons (Fsp3) is 0.273. The molecule has 2 aromatic carbocycles. The van der Waals surface area contributed by atoms with E-state index in [4.69, 9.17) is 11.6 Å². The zero-order valence-corrected chi connectivity index (χ0v) is 18.8. The Bertz CT molecular complexity index is 1260. The number of aromatic nitrogens is 1. The summed E-state index contributed by atoms with van der Waals surface area (Å²) in [7, 11) is 0. The molecule has 3 amide bonds. The number of amides is 3. The summed E-state index contributed by atoms with van der Waals surface area (Å²) < 4.78 is 14.1. The molecule has 0 bridgehead atoms. The Morgan fingerprint density at radius 1 is 1.32 bits per heavy atom. The van der Waals surface area contributed by atoms with E-state index in [1.807, 2.05) is 0 Å². The van der Waals surface area contributed by atoms with Gasteiger partial charge < -0.3 is 10.1 Å². The molecule has 0 aliphatic carbocycles. The second kappa shape index (κ2) is 6.97. The fourth-order valence-electron chi connectivity index (χ4n) is 4.83. The average Bonchev–Trinajstić information content (AvgIpc) is 3.15. The molecule has 1 aromatic heterocycles. The molecule has 2 unspecified atom stereocenters. The van der Waals surface area contributed by atoms with Gasteiger partial charge in [0.1, 0.15) is 23.1 Å². The smallest absolute Gasteiger partial charge is 0.328 e. The van der Waals surface area contributed by atoms with Crippen molar-refractivity contribution in [1.82, 2.24) is 14.8 Å². The number of carbonyl (C=O) groups excluding carboxylic acids is 2. The number of aromatic amines is 1. The minimum Gasteiger partial charge on any atom is -0.508 e. The molecule has 9 heteroatoms. The van der Waals surface area contributed by atoms with Gasteiger partial charge in [0, 0.05) is 34.9 Å². The summed E-state index contributed by atoms with van der Waals surface area (Å²) in [4.78, 5) is 32.9. The molecule has 160 valence electrons. The van der Waals surface area contributed by atoms with Crippen LogP contribution in [0.5, 0.6) is 5.75 Å². The van der Waals surface area contributed by atoms with Gasteiger partial charge in [-0.05, 0) is 42.3 Å². The summed E-state index contributed by atoms with van der Waals surface area (Å²) in [6, 6.07) is 8.42. The molecule has 2 atom stereocenters. The number of H-pyrrole nitrogens is 1. The highest BCUT2D eigenvalue weighted by molar-refractivity contribution is 9.09. The first kappa shape index (κ1) is 20.3. The van der Waals surface area contributed by atoms with Gasteiger partial charge in [0.15, 0.2) is 0 Å². The molecule has 0 saturated carbocycles. The lowest BCUT2D eigenvalue weighted by Gasteiger charge is -2.42. The first-order chi connectivity index (χ1) is 14.8. The molecule has 31 heavy (non-hydrogen) atoms. The predicted octanol–water partition coefficient (Wildman–Crippen LogP) is 4.73. The number of fused-ring (bicyclic) bond motifs is 4. The van der Waals surface area contributed by atoms with E-state index < -0.39 is 23.4 Å². The van der Waals surface area contributed by atoms with Gasteiger partial charge >= 0.3 is 6.03 Å². The maximum Gasteiger partial charge on any atom is 0.328 e. The second-order valence-electron chi connectivity index (χ2n) is 8.08. The van der Waals surface area contributed by atoms with Crippen LogP contribution in [0, 0.1) is 5.82 Å². The van der Waals surface area contributed by atoms with Gasteiger partial charge in [-0.15, -0.1) is 0 Å². The van der Waals surface area contributed by atoms with Gasteiger partial charge in [-0.2, -0.15) is 0 Å². The SMILES string of the molecule is CC12Cc3c([nH]c4cc(F)c(Cl)cc34)C(c3cccc(O)c3)N1C(=O)N(CCBr)C2=O. The van der Waals surface area contributed by atoms with Gasteiger partial charge in [0.05, 0.1) is 5.02 Å². The molecule has 2 aliphatic rings. The van der Waals surface area contributed by atoms with E-state index in [2.05, 4.69) is 20.9 Å². The third kappa shape index (κ3) is 2.81. The minimum atomic E-state index is -1.13. The molecular formula is C22H18BrClFN3O3. The number of urea groups is 1. The number of hydrogen-bond donors (Lipinski definition) is 2. The van der Waals surface area contributed by atoms with Crippen LogP contribution in [0.4, 0.5) is 9.18 Å². The monoisotopic (exact) mass is 505 g/mol. The van der Waals surface area contributed by atoms with Gasteiger partial charge in [-0.3, -0.25) is 14.6 Å². The first-order valence-electron chi connectivity index (χ1n) is 9.76. The van der Waals surface area contributed by atoms with Crippen molar-refractivity contribution < 1.29 is 19.1 Å². The van der Waals surface area contributed by atoms with Gasteiger partial charge in [-0.25, -0.2) is 9.18 Å². The summed E-state index contributed by atoms with van der Waals surface area (Å²) in [5.74, 6) is -0.786. The molecule has 1 fully saturated rings. The molecule has 0 radical (unpaired) electrons. The summed E-state index contributed by atoms with van der Waals surface area (Å²) in [5.41, 5.74) is 1.55. The van der Waals surface area contributed by atoms with Crippen LogP contribution in [0.15, 0.2) is 36.4 Å². The minimum absolute atomic E-state index is 0.00877. The third-order valence-corrected chi connectivity index (χ3v) is 6.85. The summed E-state index contributed by atoms with van der Waals surface area (Å²) in [6.07, 6.45) is 0.267. The van der Waals surface area contributed by atoms with Crippen LogP contribution < -0.4 is 0 Å². The van der Waals surface area contributed by atoms with Gasteiger partial charge in [-0.1, -0.05) is 39.7 Å². The highest BCUT2D eigenvalue weighted by Gasteiger charge is 2.60. The number of aromatic hydroxyl groups is 1. The first-order valence-corrected chi connectivity index (χ1v) is 11.3. The van der Waals surface area contributed by atoms with Gasteiger partial charge in [0.2, 0.25) is 0 Å². The molecule has 6 nitrogen and oxygen atoms in total. The fourth-order valence-corrected chi connectivity index (χ4v) is 5.35. The van der Waals surface area contributed by atoms with E-state index >= 15 is 0 Å². The maximum absolute atomic E-state index is 14.1. The molecule has 3 aromatic rings. The zero-order valence-electron chi connectivity index (χ0n) is 16.5. The highest BCUT2D eigenvalue weighted by atomic mass is 79.9. The third-order valence-electron chi connectivity index (χ3n) is 6.20. The average molecular weight is 507 g/mol. The van der Waals surface area contributed by atoms with Crippen molar-refractivity contribution in [3.8, 4) is 5.75 Å². The maximum atomic E-state index is 14.1. The van der Waals surface area contributed by atoms with Crippen molar-refractivity contribution in [2.75, 3.05) is 11.9 Å². The summed E-state index contributed by atoms with van der Waals surface area (Å²) >= 11 is 9.37. The van der Waals surface area contributed by atoms with E-state index in [9.17, 15) is 19.1 Å². The lowest BCUT2D eigenvalue weighted by molar-refractivity contribution is -0.133. The van der Waals surface area contributed by atoms with Crippen molar-refractivity contribution in [2.24, 2.45) is 0 Å². The van der Waals surface area contributed by atoms with Crippen LogP contribution in [0.3, 0.4) is 0 Å². The number of rotatable bonds is 3. The number of imide groups is 1. The Morgan fingerprint density at radius 2 is 2.10 bits per heavy atom. The zero-order chi connectivity index (χ0) is 22.1. The number of phenols is 1. The lowest BCUT2D eigenvalue weighted by atomic mass is 9.81. The van der Waals surface area contributed by atoms with Crippen LogP contribution in [-0.4, -0.2) is 49.2 Å². The van der Waals surface area contributed by atoms with Gasteiger partial charge in [0.25, 0.3) is 5.91 Å². The van der Waals surface area contributed by atoms with Crippen LogP contribution in [-0.2, 0) is 11.2 Å². The normalized spacial score (nSPS) is 22.9. The van der Waals surface area contributed by atoms with E-state index in [0.717, 1.165) is 5.56 Å². The van der Waals surface area contributed by atoms with Crippen molar-refractivity contribution in [1.29, 1.82) is 0 Å². The largest absolute Gasteiger partial charge is 0.508 e. The van der Waals surface area contributed by atoms with Crippen LogP contribution in [0.2, 0.25) is 5.02 Å². The number of phenolic OH excluding ortho intramolecular Hbond substituents is 1. The second-order valence-corrected chi connectivity index (χ2v) is 9.28. The molecule has 2 aliphatic heterocycles. The number of carbonyl (C=O) groups is 2. The number of benzene rings is 2. The topological polar surface area (TPSA) is 76.6 Å². The highest BCUT2D eigenvalue weighted by Crippen LogP contribution is 2.49. The number of halogens is 3. The van der Waals surface area contributed by atoms with E-state index in [-0.39, 0.29) is 29.6 Å². The quantitative estimate of drug-likeness (QED) is 0.398. The van der Waals surface area contributed by atoms with Crippen molar-refractivity contribution >= 4 is 50.4 Å². The molecule has 5 rings (SSSR count). The van der Waals surface area contributed by atoms with Crippen molar-refractivity contribution in [3.05, 3.63) is 64.1 Å². The van der Waals surface area contributed by atoms with Crippen LogP contribution in [0.25, 0.3) is 10.9 Å². The predicted molar refractivity (Wildman–Crippen MR) is 118 cm³/mol. The standard InChI is InChI=1S/C22H18BrClFN3O3/c1-22-10-14-13-8-15(24)16(25)9-17(13)26-18(14)19(11-3-2-4-12(29)7-11)28(22)21(31)27(6-5-23)20(22)30/h2-4,7-9,19,26,29H,5-6,10H2,1H3. The number of alkyl halides is 1. The Morgan fingerprint density at radius 3 is 2.81 bits per heavy atom. The number of nitrogens with zero attached hydrogens (tertiary/aromatic N) is 2. The number of nitrogens with one attached hydrogen (secondary N) is 1. The summed E-state index contributed by atoms with van der Waals surface area (Å²) in [6.45, 7) is 2.01. The van der Waals surface area contributed by atoms with Crippen molar-refractivity contribution in [3.63, 3.8) is 0 Å². The van der Waals surface area contributed by atoms with E-state index in [0.29, 0.717) is 27.5 Å². The number of hydrogen-bond acceptors (Lipinski definition) is 3. The Kier molecular flexibility index (Phi) is 4.57. The Labute approximate surface area is 190 Å². The molecule has 1 saturated heterocycles. The summed E-state index contributed by atoms with van der Waals surface area (Å²) in [5, 5.41) is 11.3.